The number of aromatic nitrogens is 2. The van der Waals surface area contributed by atoms with Crippen molar-refractivity contribution in [2.75, 3.05) is 6.54 Å². The quantitative estimate of drug-likeness (QED) is 0.303. The molecular weight excluding hydrogens is 378 g/mol. The third-order valence-electron chi connectivity index (χ3n) is 5.94. The first-order valence-corrected chi connectivity index (χ1v) is 11.0. The molecule has 0 fully saturated rings. The summed E-state index contributed by atoms with van der Waals surface area (Å²) < 4.78 is 2.16. The average molecular weight is 406 g/mol. The van der Waals surface area contributed by atoms with Crippen molar-refractivity contribution in [2.24, 2.45) is 0 Å². The molecule has 31 heavy (non-hydrogen) atoms. The highest BCUT2D eigenvalue weighted by Gasteiger charge is 2.10. The normalized spacial score (nSPS) is 11.5. The van der Waals surface area contributed by atoms with E-state index in [9.17, 15) is 0 Å². The smallest absolute Gasteiger partial charge is 0.0945 e. The van der Waals surface area contributed by atoms with Gasteiger partial charge >= 0.3 is 0 Å². The van der Waals surface area contributed by atoms with Crippen LogP contribution in [0, 0.1) is 0 Å². The Kier molecular flexibility index (Phi) is 5.76. The maximum absolute atomic E-state index is 4.17. The molecular formula is C28H27N3. The first kappa shape index (κ1) is 19.5. The van der Waals surface area contributed by atoms with Gasteiger partial charge in [-0.15, -0.1) is 0 Å². The Balaban J connectivity index is 1.38. The van der Waals surface area contributed by atoms with Gasteiger partial charge in [0.15, 0.2) is 0 Å². The van der Waals surface area contributed by atoms with E-state index in [0.29, 0.717) is 0 Å². The minimum atomic E-state index is 0.942. The highest BCUT2D eigenvalue weighted by molar-refractivity contribution is 5.85. The summed E-state index contributed by atoms with van der Waals surface area (Å²) in [6, 6.07) is 30.8. The summed E-state index contributed by atoms with van der Waals surface area (Å²) in [5.74, 6) is 0. The van der Waals surface area contributed by atoms with Gasteiger partial charge in [0, 0.05) is 38.6 Å². The Morgan fingerprint density at radius 1 is 0.742 bits per heavy atom. The molecule has 0 unspecified atom stereocenters. The standard InChI is InChI=1S/C28H27N3/c1-2-9-26-19-23(13-14-24(26)7-1)20-31(17-6-16-30-18-15-29-22-30)21-27-11-5-10-25-8-3-4-12-28(25)27/h1-5,7-15,18-19,22H,6,16-17,20-21H2. The van der Waals surface area contributed by atoms with Crippen molar-refractivity contribution in [2.45, 2.75) is 26.1 Å². The zero-order chi connectivity index (χ0) is 20.9. The number of aryl methyl sites for hydroxylation is 1. The Morgan fingerprint density at radius 2 is 1.55 bits per heavy atom. The molecule has 1 aromatic heterocycles. The predicted molar refractivity (Wildman–Crippen MR) is 129 cm³/mol. The summed E-state index contributed by atoms with van der Waals surface area (Å²) in [4.78, 5) is 6.74. The number of hydrogen-bond donors (Lipinski definition) is 0. The lowest BCUT2D eigenvalue weighted by Gasteiger charge is -2.24. The summed E-state index contributed by atoms with van der Waals surface area (Å²) in [6.07, 6.45) is 6.88. The van der Waals surface area contributed by atoms with Gasteiger partial charge in [0.1, 0.15) is 0 Å². The molecule has 154 valence electrons. The van der Waals surface area contributed by atoms with E-state index in [1.54, 1.807) is 0 Å². The second-order valence-electron chi connectivity index (χ2n) is 8.18. The van der Waals surface area contributed by atoms with Gasteiger partial charge in [-0.25, -0.2) is 4.98 Å². The predicted octanol–water partition coefficient (Wildman–Crippen LogP) is 6.28. The van der Waals surface area contributed by atoms with Crippen molar-refractivity contribution in [3.8, 4) is 0 Å². The summed E-state index contributed by atoms with van der Waals surface area (Å²) in [6.45, 7) is 3.91. The van der Waals surface area contributed by atoms with Crippen molar-refractivity contribution in [3.05, 3.63) is 115 Å². The molecule has 1 heterocycles. The fourth-order valence-corrected chi connectivity index (χ4v) is 4.38. The number of rotatable bonds is 8. The van der Waals surface area contributed by atoms with E-state index in [1.807, 2.05) is 18.7 Å². The van der Waals surface area contributed by atoms with Crippen LogP contribution in [0.2, 0.25) is 0 Å². The molecule has 0 aliphatic heterocycles. The van der Waals surface area contributed by atoms with Crippen molar-refractivity contribution in [1.29, 1.82) is 0 Å². The number of hydrogen-bond acceptors (Lipinski definition) is 2. The number of nitrogens with zero attached hydrogens (tertiary/aromatic N) is 3. The summed E-state index contributed by atoms with van der Waals surface area (Å²) in [7, 11) is 0. The van der Waals surface area contributed by atoms with Gasteiger partial charge < -0.3 is 4.57 Å². The summed E-state index contributed by atoms with van der Waals surface area (Å²) in [5.41, 5.74) is 2.75. The zero-order valence-corrected chi connectivity index (χ0v) is 17.7. The van der Waals surface area contributed by atoms with E-state index >= 15 is 0 Å². The molecule has 0 amide bonds. The molecule has 0 N–H and O–H groups in total. The Bertz CT molecular complexity index is 1270. The van der Waals surface area contributed by atoms with Crippen LogP contribution in [0.15, 0.2) is 104 Å². The monoisotopic (exact) mass is 405 g/mol. The third-order valence-corrected chi connectivity index (χ3v) is 5.94. The molecule has 3 heteroatoms. The van der Waals surface area contributed by atoms with Crippen LogP contribution < -0.4 is 0 Å². The number of benzene rings is 4. The van der Waals surface area contributed by atoms with Gasteiger partial charge in [0.05, 0.1) is 6.33 Å². The molecule has 3 nitrogen and oxygen atoms in total. The molecule has 0 radical (unpaired) electrons. The van der Waals surface area contributed by atoms with Gasteiger partial charge in [0.2, 0.25) is 0 Å². The van der Waals surface area contributed by atoms with Crippen molar-refractivity contribution >= 4 is 21.5 Å². The van der Waals surface area contributed by atoms with Crippen LogP contribution in [0.3, 0.4) is 0 Å². The minimum absolute atomic E-state index is 0.942. The maximum atomic E-state index is 4.17. The first-order chi connectivity index (χ1) is 15.3. The van der Waals surface area contributed by atoms with E-state index in [1.165, 1.54) is 32.7 Å². The van der Waals surface area contributed by atoms with E-state index in [2.05, 4.69) is 99.4 Å². The zero-order valence-electron chi connectivity index (χ0n) is 17.7. The van der Waals surface area contributed by atoms with Crippen molar-refractivity contribution in [1.82, 2.24) is 14.5 Å². The molecule has 0 bridgehead atoms. The third kappa shape index (κ3) is 4.68. The molecule has 5 aromatic rings. The van der Waals surface area contributed by atoms with Crippen LogP contribution >= 0.6 is 0 Å². The molecule has 0 aliphatic carbocycles. The van der Waals surface area contributed by atoms with Crippen LogP contribution in [-0.2, 0) is 19.6 Å². The fourth-order valence-electron chi connectivity index (χ4n) is 4.38. The van der Waals surface area contributed by atoms with Crippen LogP contribution in [0.5, 0.6) is 0 Å². The molecule has 0 saturated heterocycles. The van der Waals surface area contributed by atoms with Crippen LogP contribution in [0.4, 0.5) is 0 Å². The largest absolute Gasteiger partial charge is 0.337 e. The van der Waals surface area contributed by atoms with Crippen molar-refractivity contribution < 1.29 is 0 Å². The second-order valence-corrected chi connectivity index (χ2v) is 8.18. The second kappa shape index (κ2) is 9.15. The Labute approximate surface area is 183 Å². The van der Waals surface area contributed by atoms with Crippen LogP contribution in [0.25, 0.3) is 21.5 Å². The van der Waals surface area contributed by atoms with Gasteiger partial charge in [0.25, 0.3) is 0 Å². The van der Waals surface area contributed by atoms with Gasteiger partial charge in [-0.1, -0.05) is 78.9 Å². The van der Waals surface area contributed by atoms with Gasteiger partial charge in [-0.3, -0.25) is 4.90 Å². The average Bonchev–Trinajstić information content (AvgIpc) is 3.33. The van der Waals surface area contributed by atoms with E-state index in [-0.39, 0.29) is 0 Å². The highest BCUT2D eigenvalue weighted by atomic mass is 15.1. The van der Waals surface area contributed by atoms with E-state index in [4.69, 9.17) is 0 Å². The number of fused-ring (bicyclic) bond motifs is 2. The maximum Gasteiger partial charge on any atom is 0.0945 e. The van der Waals surface area contributed by atoms with Gasteiger partial charge in [-0.05, 0) is 45.2 Å². The molecule has 4 aromatic carbocycles. The fraction of sp³-hybridized carbons (Fsp3) is 0.179. The van der Waals surface area contributed by atoms with Gasteiger partial charge in [-0.2, -0.15) is 0 Å². The molecule has 0 aliphatic rings. The molecule has 0 atom stereocenters. The molecule has 0 saturated carbocycles. The summed E-state index contributed by atoms with van der Waals surface area (Å²) in [5, 5.41) is 5.27. The van der Waals surface area contributed by atoms with Crippen LogP contribution in [0.1, 0.15) is 17.5 Å². The SMILES string of the molecule is c1ccc2cc(CN(CCCn3ccnc3)Cc3cccc4ccccc34)ccc2c1. The lowest BCUT2D eigenvalue weighted by atomic mass is 10.0. The first-order valence-electron chi connectivity index (χ1n) is 11.0. The van der Waals surface area contributed by atoms with E-state index < -0.39 is 0 Å². The summed E-state index contributed by atoms with van der Waals surface area (Å²) >= 11 is 0. The van der Waals surface area contributed by atoms with E-state index in [0.717, 1.165) is 32.6 Å². The number of imidazole rings is 1. The molecule has 0 spiro atoms. The minimum Gasteiger partial charge on any atom is -0.337 e. The topological polar surface area (TPSA) is 21.1 Å². The Morgan fingerprint density at radius 3 is 2.42 bits per heavy atom. The lowest BCUT2D eigenvalue weighted by Crippen LogP contribution is -2.25. The molecule has 5 rings (SSSR count). The lowest BCUT2D eigenvalue weighted by molar-refractivity contribution is 0.249. The highest BCUT2D eigenvalue weighted by Crippen LogP contribution is 2.22. The Hall–Kier alpha value is -3.43. The van der Waals surface area contributed by atoms with Crippen LogP contribution in [-0.4, -0.2) is 21.0 Å². The van der Waals surface area contributed by atoms with Crippen molar-refractivity contribution in [3.63, 3.8) is 0 Å².